The van der Waals surface area contributed by atoms with Crippen molar-refractivity contribution in [1.29, 1.82) is 0 Å². The van der Waals surface area contributed by atoms with Crippen molar-refractivity contribution in [2.75, 3.05) is 22.9 Å². The lowest BCUT2D eigenvalue weighted by Gasteiger charge is -2.39. The molecule has 0 aliphatic carbocycles. The lowest BCUT2D eigenvalue weighted by Crippen LogP contribution is -2.48. The SMILES string of the molecule is C=C1N(Cc2ccccc2C)c2ccccc2N1C1CCN(C(=O)OC(C)(C)C)CC1. The van der Waals surface area contributed by atoms with Crippen LogP contribution in [-0.2, 0) is 11.3 Å². The summed E-state index contributed by atoms with van der Waals surface area (Å²) in [4.78, 5) is 19.0. The maximum Gasteiger partial charge on any atom is 0.410 e. The molecule has 5 nitrogen and oxygen atoms in total. The zero-order valence-electron chi connectivity index (χ0n) is 19.1. The molecule has 31 heavy (non-hydrogen) atoms. The van der Waals surface area contributed by atoms with Gasteiger partial charge in [-0.25, -0.2) is 4.79 Å². The van der Waals surface area contributed by atoms with Crippen molar-refractivity contribution in [2.24, 2.45) is 0 Å². The number of para-hydroxylation sites is 2. The Bertz CT molecular complexity index is 971. The van der Waals surface area contributed by atoms with Gasteiger partial charge in [-0.15, -0.1) is 0 Å². The van der Waals surface area contributed by atoms with E-state index in [9.17, 15) is 4.79 Å². The molecule has 164 valence electrons. The number of ether oxygens (including phenoxy) is 1. The topological polar surface area (TPSA) is 36.0 Å². The molecule has 0 N–H and O–H groups in total. The molecule has 0 aromatic heterocycles. The first-order valence-electron chi connectivity index (χ1n) is 11.1. The molecule has 2 aliphatic rings. The summed E-state index contributed by atoms with van der Waals surface area (Å²) >= 11 is 0. The Hall–Kier alpha value is -2.95. The van der Waals surface area contributed by atoms with Crippen LogP contribution in [0.2, 0.25) is 0 Å². The minimum atomic E-state index is -0.466. The number of hydrogen-bond acceptors (Lipinski definition) is 4. The van der Waals surface area contributed by atoms with Gasteiger partial charge in [0.05, 0.1) is 11.4 Å². The number of piperidine rings is 1. The van der Waals surface area contributed by atoms with Crippen LogP contribution in [0.3, 0.4) is 0 Å². The van der Waals surface area contributed by atoms with E-state index in [1.807, 2.05) is 25.7 Å². The van der Waals surface area contributed by atoms with Crippen LogP contribution in [0.15, 0.2) is 60.9 Å². The van der Waals surface area contributed by atoms with Gasteiger partial charge in [-0.2, -0.15) is 0 Å². The lowest BCUT2D eigenvalue weighted by molar-refractivity contribution is 0.0206. The molecule has 1 amide bonds. The number of likely N-dealkylation sites (tertiary alicyclic amines) is 1. The number of amides is 1. The fourth-order valence-corrected chi connectivity index (χ4v) is 4.48. The van der Waals surface area contributed by atoms with Crippen LogP contribution in [0.1, 0.15) is 44.7 Å². The van der Waals surface area contributed by atoms with Crippen LogP contribution in [0.5, 0.6) is 0 Å². The number of carbonyl (C=O) groups is 1. The summed E-state index contributed by atoms with van der Waals surface area (Å²) < 4.78 is 5.56. The van der Waals surface area contributed by atoms with E-state index in [4.69, 9.17) is 4.74 Å². The minimum absolute atomic E-state index is 0.215. The molecular formula is C26H33N3O2. The van der Waals surface area contributed by atoms with E-state index in [0.717, 1.165) is 25.2 Å². The molecular weight excluding hydrogens is 386 g/mol. The molecule has 0 bridgehead atoms. The molecule has 0 saturated carbocycles. The number of rotatable bonds is 3. The van der Waals surface area contributed by atoms with Crippen LogP contribution in [0.25, 0.3) is 0 Å². The molecule has 2 heterocycles. The average molecular weight is 420 g/mol. The Morgan fingerprint density at radius 1 is 1.03 bits per heavy atom. The summed E-state index contributed by atoms with van der Waals surface area (Å²) in [6, 6.07) is 17.4. The van der Waals surface area contributed by atoms with Gasteiger partial charge in [0.1, 0.15) is 11.4 Å². The van der Waals surface area contributed by atoms with Gasteiger partial charge < -0.3 is 19.4 Å². The highest BCUT2D eigenvalue weighted by atomic mass is 16.6. The Labute approximate surface area is 185 Å². The molecule has 0 atom stereocenters. The third kappa shape index (κ3) is 4.41. The molecule has 5 heteroatoms. The largest absolute Gasteiger partial charge is 0.444 e. The van der Waals surface area contributed by atoms with Crippen molar-refractivity contribution in [3.05, 3.63) is 72.1 Å². The first kappa shape index (κ1) is 21.3. The smallest absolute Gasteiger partial charge is 0.410 e. The van der Waals surface area contributed by atoms with Crippen molar-refractivity contribution in [3.8, 4) is 0 Å². The maximum atomic E-state index is 12.5. The summed E-state index contributed by atoms with van der Waals surface area (Å²) in [5.74, 6) is 1.01. The normalized spacial score (nSPS) is 17.2. The third-order valence-corrected chi connectivity index (χ3v) is 6.09. The van der Waals surface area contributed by atoms with Crippen molar-refractivity contribution in [2.45, 2.75) is 58.7 Å². The number of benzene rings is 2. The van der Waals surface area contributed by atoms with Gasteiger partial charge in [-0.05, 0) is 63.8 Å². The Balaban J connectivity index is 1.50. The first-order valence-corrected chi connectivity index (χ1v) is 11.1. The van der Waals surface area contributed by atoms with E-state index in [0.29, 0.717) is 19.1 Å². The molecule has 0 spiro atoms. The Morgan fingerprint density at radius 3 is 2.29 bits per heavy atom. The maximum absolute atomic E-state index is 12.5. The van der Waals surface area contributed by atoms with Crippen molar-refractivity contribution in [1.82, 2.24) is 4.90 Å². The first-order chi connectivity index (χ1) is 14.7. The molecule has 1 saturated heterocycles. The molecule has 0 radical (unpaired) electrons. The second kappa shape index (κ2) is 8.29. The van der Waals surface area contributed by atoms with E-state index in [2.05, 4.69) is 71.8 Å². The van der Waals surface area contributed by atoms with Gasteiger partial charge in [0.2, 0.25) is 0 Å². The lowest BCUT2D eigenvalue weighted by atomic mass is 10.0. The summed E-state index contributed by atoms with van der Waals surface area (Å²) in [5.41, 5.74) is 4.53. The summed E-state index contributed by atoms with van der Waals surface area (Å²) in [7, 11) is 0. The average Bonchev–Trinajstić information content (AvgIpc) is 3.00. The predicted molar refractivity (Wildman–Crippen MR) is 126 cm³/mol. The van der Waals surface area contributed by atoms with Crippen LogP contribution < -0.4 is 9.80 Å². The molecule has 0 unspecified atom stereocenters. The number of nitrogens with zero attached hydrogens (tertiary/aromatic N) is 3. The third-order valence-electron chi connectivity index (χ3n) is 6.09. The second-order valence-corrected chi connectivity index (χ2v) is 9.49. The molecule has 2 aromatic carbocycles. The van der Waals surface area contributed by atoms with Gasteiger partial charge in [0.15, 0.2) is 0 Å². The van der Waals surface area contributed by atoms with Gasteiger partial charge >= 0.3 is 6.09 Å². The van der Waals surface area contributed by atoms with E-state index in [1.54, 1.807) is 0 Å². The second-order valence-electron chi connectivity index (χ2n) is 9.49. The predicted octanol–water partition coefficient (Wildman–Crippen LogP) is 5.69. The number of fused-ring (bicyclic) bond motifs is 1. The fraction of sp³-hybridized carbons (Fsp3) is 0.423. The zero-order valence-corrected chi connectivity index (χ0v) is 19.1. The van der Waals surface area contributed by atoms with Gasteiger partial charge in [-0.3, -0.25) is 0 Å². The van der Waals surface area contributed by atoms with Crippen LogP contribution in [0.4, 0.5) is 16.2 Å². The minimum Gasteiger partial charge on any atom is -0.444 e. The highest BCUT2D eigenvalue weighted by Crippen LogP contribution is 2.44. The highest BCUT2D eigenvalue weighted by Gasteiger charge is 2.37. The number of carbonyl (C=O) groups excluding carboxylic acids is 1. The van der Waals surface area contributed by atoms with Gasteiger partial charge in [-0.1, -0.05) is 43.0 Å². The fourth-order valence-electron chi connectivity index (χ4n) is 4.48. The summed E-state index contributed by atoms with van der Waals surface area (Å²) in [6.45, 7) is 14.6. The van der Waals surface area contributed by atoms with Crippen LogP contribution in [0, 0.1) is 6.92 Å². The standard InChI is InChI=1S/C26H33N3O2/c1-19-10-6-7-11-21(19)18-28-20(2)29(24-13-9-8-12-23(24)28)22-14-16-27(17-15-22)25(30)31-26(3,4)5/h6-13,22H,2,14-18H2,1,3-5H3. The van der Waals surface area contributed by atoms with E-state index in [-0.39, 0.29) is 6.09 Å². The number of aryl methyl sites for hydroxylation is 1. The van der Waals surface area contributed by atoms with E-state index in [1.165, 1.54) is 22.5 Å². The number of hydrogen-bond donors (Lipinski definition) is 0. The molecule has 2 aromatic rings. The van der Waals surface area contributed by atoms with Crippen LogP contribution in [-0.4, -0.2) is 35.7 Å². The van der Waals surface area contributed by atoms with E-state index >= 15 is 0 Å². The molecule has 1 fully saturated rings. The molecule has 2 aliphatic heterocycles. The van der Waals surface area contributed by atoms with E-state index < -0.39 is 5.60 Å². The highest BCUT2D eigenvalue weighted by molar-refractivity contribution is 5.82. The van der Waals surface area contributed by atoms with Crippen molar-refractivity contribution in [3.63, 3.8) is 0 Å². The van der Waals surface area contributed by atoms with Crippen molar-refractivity contribution < 1.29 is 9.53 Å². The monoisotopic (exact) mass is 419 g/mol. The summed E-state index contributed by atoms with van der Waals surface area (Å²) in [6.07, 6.45) is 1.57. The Kier molecular flexibility index (Phi) is 5.69. The van der Waals surface area contributed by atoms with Crippen LogP contribution >= 0.6 is 0 Å². The van der Waals surface area contributed by atoms with Crippen molar-refractivity contribution >= 4 is 17.5 Å². The Morgan fingerprint density at radius 2 is 1.65 bits per heavy atom. The number of anilines is 2. The zero-order chi connectivity index (χ0) is 22.2. The summed E-state index contributed by atoms with van der Waals surface area (Å²) in [5, 5.41) is 0. The van der Waals surface area contributed by atoms with Gasteiger partial charge in [0.25, 0.3) is 0 Å². The molecule has 4 rings (SSSR count). The quantitative estimate of drug-likeness (QED) is 0.640. The van der Waals surface area contributed by atoms with Gasteiger partial charge in [0, 0.05) is 25.7 Å².